The van der Waals surface area contributed by atoms with Crippen molar-refractivity contribution < 1.29 is 9.53 Å². The highest BCUT2D eigenvalue weighted by Gasteiger charge is 2.44. The molecule has 0 aliphatic carbocycles. The van der Waals surface area contributed by atoms with Gasteiger partial charge in [-0.25, -0.2) is 0 Å². The standard InChI is InChI=1S/C11H16ClN3O2/c1-4-11(5-17-6-11)10(16)13-9-8(12)7(2)14-15(9)3/h4-6H2,1-3H3,(H,13,16). The lowest BCUT2D eigenvalue weighted by Crippen LogP contribution is -2.51. The van der Waals surface area contributed by atoms with Gasteiger partial charge in [-0.2, -0.15) is 5.10 Å². The van der Waals surface area contributed by atoms with Crippen LogP contribution >= 0.6 is 11.6 Å². The van der Waals surface area contributed by atoms with E-state index in [1.54, 1.807) is 18.7 Å². The fourth-order valence-electron chi connectivity index (χ4n) is 1.85. The molecule has 2 rings (SSSR count). The molecule has 1 aromatic rings. The van der Waals surface area contributed by atoms with E-state index >= 15 is 0 Å². The van der Waals surface area contributed by atoms with Crippen molar-refractivity contribution in [2.45, 2.75) is 20.3 Å². The number of aromatic nitrogens is 2. The Morgan fingerprint density at radius 3 is 2.65 bits per heavy atom. The number of halogens is 1. The summed E-state index contributed by atoms with van der Waals surface area (Å²) in [5, 5.41) is 7.49. The van der Waals surface area contributed by atoms with Gasteiger partial charge in [-0.05, 0) is 13.3 Å². The number of hydrogen-bond donors (Lipinski definition) is 1. The Labute approximate surface area is 105 Å². The van der Waals surface area contributed by atoms with Crippen LogP contribution in [0.5, 0.6) is 0 Å². The van der Waals surface area contributed by atoms with Crippen LogP contribution < -0.4 is 5.32 Å². The zero-order valence-electron chi connectivity index (χ0n) is 10.2. The average Bonchev–Trinajstić information content (AvgIpc) is 2.44. The van der Waals surface area contributed by atoms with Crippen LogP contribution in [-0.2, 0) is 16.6 Å². The second kappa shape index (κ2) is 4.31. The fraction of sp³-hybridized carbons (Fsp3) is 0.636. The van der Waals surface area contributed by atoms with Gasteiger partial charge in [0.25, 0.3) is 0 Å². The van der Waals surface area contributed by atoms with Crippen molar-refractivity contribution in [2.75, 3.05) is 18.5 Å². The van der Waals surface area contributed by atoms with Crippen molar-refractivity contribution in [3.05, 3.63) is 10.7 Å². The molecule has 0 unspecified atom stereocenters. The molecule has 1 aliphatic rings. The maximum atomic E-state index is 12.2. The first kappa shape index (κ1) is 12.4. The minimum absolute atomic E-state index is 0.0452. The van der Waals surface area contributed by atoms with Gasteiger partial charge in [0.15, 0.2) is 0 Å². The van der Waals surface area contributed by atoms with E-state index in [1.807, 2.05) is 6.92 Å². The molecular formula is C11H16ClN3O2. The van der Waals surface area contributed by atoms with Gasteiger partial charge in [-0.3, -0.25) is 9.48 Å². The van der Waals surface area contributed by atoms with Crippen LogP contribution in [0.4, 0.5) is 5.82 Å². The molecule has 1 fully saturated rings. The predicted molar refractivity (Wildman–Crippen MR) is 65.1 cm³/mol. The number of nitrogens with one attached hydrogen (secondary N) is 1. The molecule has 1 aromatic heterocycles. The third-order valence-corrected chi connectivity index (χ3v) is 3.75. The summed E-state index contributed by atoms with van der Waals surface area (Å²) in [6.07, 6.45) is 0.757. The van der Waals surface area contributed by atoms with Gasteiger partial charge in [0, 0.05) is 7.05 Å². The summed E-state index contributed by atoms with van der Waals surface area (Å²) in [7, 11) is 1.75. The summed E-state index contributed by atoms with van der Waals surface area (Å²) in [6, 6.07) is 0. The zero-order chi connectivity index (χ0) is 12.6. The average molecular weight is 258 g/mol. The molecule has 1 saturated heterocycles. The highest BCUT2D eigenvalue weighted by molar-refractivity contribution is 6.34. The van der Waals surface area contributed by atoms with Crippen LogP contribution in [0.2, 0.25) is 5.02 Å². The van der Waals surface area contributed by atoms with Gasteiger partial charge in [0.05, 0.1) is 24.3 Å². The molecule has 94 valence electrons. The Morgan fingerprint density at radius 2 is 2.29 bits per heavy atom. The molecular weight excluding hydrogens is 242 g/mol. The van der Waals surface area contributed by atoms with E-state index in [0.717, 1.165) is 6.42 Å². The third kappa shape index (κ3) is 1.93. The Hall–Kier alpha value is -1.07. The minimum atomic E-state index is -0.401. The van der Waals surface area contributed by atoms with Gasteiger partial charge in [-0.15, -0.1) is 0 Å². The summed E-state index contributed by atoms with van der Waals surface area (Å²) in [5.74, 6) is 0.505. The molecule has 0 radical (unpaired) electrons. The lowest BCUT2D eigenvalue weighted by molar-refractivity contribution is -0.156. The van der Waals surface area contributed by atoms with Gasteiger partial charge in [0.1, 0.15) is 10.8 Å². The SMILES string of the molecule is CCC1(C(=O)Nc2c(Cl)c(C)nn2C)COC1. The van der Waals surface area contributed by atoms with E-state index < -0.39 is 5.41 Å². The minimum Gasteiger partial charge on any atom is -0.379 e. The molecule has 0 saturated carbocycles. The summed E-state index contributed by atoms with van der Waals surface area (Å²) < 4.78 is 6.72. The molecule has 1 aliphatic heterocycles. The number of rotatable bonds is 3. The van der Waals surface area contributed by atoms with Crippen molar-refractivity contribution in [1.29, 1.82) is 0 Å². The van der Waals surface area contributed by atoms with Crippen LogP contribution in [0.25, 0.3) is 0 Å². The molecule has 5 nitrogen and oxygen atoms in total. The molecule has 17 heavy (non-hydrogen) atoms. The van der Waals surface area contributed by atoms with E-state index in [0.29, 0.717) is 29.7 Å². The number of amides is 1. The summed E-state index contributed by atoms with van der Waals surface area (Å²) in [5.41, 5.74) is 0.307. The van der Waals surface area contributed by atoms with Crippen LogP contribution in [0.3, 0.4) is 0 Å². The Kier molecular flexibility index (Phi) is 3.14. The summed E-state index contributed by atoms with van der Waals surface area (Å²) in [6.45, 7) is 4.74. The summed E-state index contributed by atoms with van der Waals surface area (Å²) in [4.78, 5) is 12.2. The Morgan fingerprint density at radius 1 is 1.65 bits per heavy atom. The predicted octanol–water partition coefficient (Wildman–Crippen LogP) is 1.75. The van der Waals surface area contributed by atoms with E-state index in [9.17, 15) is 4.79 Å². The van der Waals surface area contributed by atoms with Crippen molar-refractivity contribution >= 4 is 23.3 Å². The highest BCUT2D eigenvalue weighted by Crippen LogP contribution is 2.34. The molecule has 1 amide bonds. The number of carbonyl (C=O) groups is 1. The molecule has 6 heteroatoms. The van der Waals surface area contributed by atoms with Crippen molar-refractivity contribution in [3.63, 3.8) is 0 Å². The normalized spacial score (nSPS) is 17.6. The maximum Gasteiger partial charge on any atom is 0.236 e. The van der Waals surface area contributed by atoms with E-state index in [1.165, 1.54) is 0 Å². The number of hydrogen-bond acceptors (Lipinski definition) is 3. The zero-order valence-corrected chi connectivity index (χ0v) is 11.0. The van der Waals surface area contributed by atoms with E-state index in [4.69, 9.17) is 16.3 Å². The third-order valence-electron chi connectivity index (χ3n) is 3.30. The molecule has 1 N–H and O–H groups in total. The monoisotopic (exact) mass is 257 g/mol. The number of ether oxygens (including phenoxy) is 1. The second-order valence-electron chi connectivity index (χ2n) is 4.45. The van der Waals surface area contributed by atoms with Crippen molar-refractivity contribution in [2.24, 2.45) is 12.5 Å². The number of anilines is 1. The van der Waals surface area contributed by atoms with Crippen LogP contribution in [0.15, 0.2) is 0 Å². The number of aryl methyl sites for hydroxylation is 2. The smallest absolute Gasteiger partial charge is 0.236 e. The van der Waals surface area contributed by atoms with Gasteiger partial charge >= 0.3 is 0 Å². The van der Waals surface area contributed by atoms with Crippen molar-refractivity contribution in [1.82, 2.24) is 9.78 Å². The van der Waals surface area contributed by atoms with Crippen molar-refractivity contribution in [3.8, 4) is 0 Å². The topological polar surface area (TPSA) is 56.2 Å². The first-order valence-electron chi connectivity index (χ1n) is 5.58. The lowest BCUT2D eigenvalue weighted by atomic mass is 9.82. The van der Waals surface area contributed by atoms with Gasteiger partial charge < -0.3 is 10.1 Å². The molecule has 0 spiro atoms. The molecule has 0 bridgehead atoms. The second-order valence-corrected chi connectivity index (χ2v) is 4.83. The highest BCUT2D eigenvalue weighted by atomic mass is 35.5. The molecule has 0 atom stereocenters. The number of nitrogens with zero attached hydrogens (tertiary/aromatic N) is 2. The van der Waals surface area contributed by atoms with E-state index in [2.05, 4.69) is 10.4 Å². The quantitative estimate of drug-likeness (QED) is 0.898. The molecule has 2 heterocycles. The first-order valence-corrected chi connectivity index (χ1v) is 5.96. The van der Waals surface area contributed by atoms with Gasteiger partial charge in [0.2, 0.25) is 5.91 Å². The Balaban J connectivity index is 2.18. The van der Waals surface area contributed by atoms with Crippen LogP contribution in [0.1, 0.15) is 19.0 Å². The Bertz CT molecular complexity index is 446. The largest absolute Gasteiger partial charge is 0.379 e. The first-order chi connectivity index (χ1) is 8.00. The van der Waals surface area contributed by atoms with Gasteiger partial charge in [-0.1, -0.05) is 18.5 Å². The van der Waals surface area contributed by atoms with Crippen LogP contribution in [0, 0.1) is 12.3 Å². The molecule has 0 aromatic carbocycles. The fourth-order valence-corrected chi connectivity index (χ4v) is 2.06. The maximum absolute atomic E-state index is 12.2. The van der Waals surface area contributed by atoms with Crippen LogP contribution in [-0.4, -0.2) is 28.9 Å². The lowest BCUT2D eigenvalue weighted by Gasteiger charge is -2.38. The number of carbonyl (C=O) groups excluding carboxylic acids is 1. The van der Waals surface area contributed by atoms with E-state index in [-0.39, 0.29) is 5.91 Å². The summed E-state index contributed by atoms with van der Waals surface area (Å²) >= 11 is 6.08.